The molecule has 0 aliphatic carbocycles. The summed E-state index contributed by atoms with van der Waals surface area (Å²) in [6.07, 6.45) is 0. The number of halogens is 3. The second-order valence-corrected chi connectivity index (χ2v) is 7.30. The van der Waals surface area contributed by atoms with Crippen LogP contribution in [0.15, 0.2) is 48.5 Å². The largest absolute Gasteiger partial charge is 0.534 e. The van der Waals surface area contributed by atoms with E-state index in [1.54, 1.807) is 37.3 Å². The number of nitrogens with zero attached hydrogens (tertiary/aromatic N) is 1. The lowest BCUT2D eigenvalue weighted by molar-refractivity contribution is -0.0500. The molecule has 0 fully saturated rings. The number of carbonyl (C=O) groups excluding carboxylic acids is 2. The predicted octanol–water partition coefficient (Wildman–Crippen LogP) is 3.27. The van der Waals surface area contributed by atoms with Crippen molar-refractivity contribution in [2.24, 2.45) is 0 Å². The van der Waals surface area contributed by atoms with Gasteiger partial charge in [-0.2, -0.15) is 21.6 Å². The molecule has 27 heavy (non-hydrogen) atoms. The summed E-state index contributed by atoms with van der Waals surface area (Å²) in [5.41, 5.74) is -5.19. The fourth-order valence-electron chi connectivity index (χ4n) is 2.70. The van der Waals surface area contributed by atoms with Crippen molar-refractivity contribution < 1.29 is 35.4 Å². The van der Waals surface area contributed by atoms with Gasteiger partial charge in [0.15, 0.2) is 0 Å². The average molecular weight is 399 g/mol. The van der Waals surface area contributed by atoms with Gasteiger partial charge in [0.2, 0.25) is 0 Å². The van der Waals surface area contributed by atoms with Crippen molar-refractivity contribution in [3.63, 3.8) is 0 Å². The first-order valence-electron chi connectivity index (χ1n) is 7.60. The number of rotatable bonds is 4. The highest BCUT2D eigenvalue weighted by Crippen LogP contribution is 2.34. The van der Waals surface area contributed by atoms with Crippen LogP contribution in [0.25, 0.3) is 0 Å². The van der Waals surface area contributed by atoms with Crippen molar-refractivity contribution in [2.75, 3.05) is 0 Å². The lowest BCUT2D eigenvalue weighted by atomic mass is 10.1. The van der Waals surface area contributed by atoms with Crippen molar-refractivity contribution in [1.82, 2.24) is 4.90 Å². The van der Waals surface area contributed by atoms with Gasteiger partial charge >= 0.3 is 15.6 Å². The van der Waals surface area contributed by atoms with E-state index in [2.05, 4.69) is 4.18 Å². The third-order valence-corrected chi connectivity index (χ3v) is 5.03. The summed E-state index contributed by atoms with van der Waals surface area (Å²) in [4.78, 5) is 26.1. The molecule has 1 atom stereocenters. The zero-order valence-corrected chi connectivity index (χ0v) is 14.5. The van der Waals surface area contributed by atoms with Crippen LogP contribution < -0.4 is 4.18 Å². The first-order chi connectivity index (χ1) is 12.5. The molecule has 0 N–H and O–H groups in total. The quantitative estimate of drug-likeness (QED) is 0.448. The number of carbonyl (C=O) groups is 2. The van der Waals surface area contributed by atoms with Gasteiger partial charge in [-0.15, -0.1) is 0 Å². The minimum Gasteiger partial charge on any atom is -0.376 e. The lowest BCUT2D eigenvalue weighted by Gasteiger charge is -2.22. The highest BCUT2D eigenvalue weighted by molar-refractivity contribution is 7.88. The summed E-state index contributed by atoms with van der Waals surface area (Å²) in [5, 5.41) is 0. The van der Waals surface area contributed by atoms with Crippen molar-refractivity contribution in [2.45, 2.75) is 18.5 Å². The van der Waals surface area contributed by atoms with Crippen LogP contribution in [0.3, 0.4) is 0 Å². The molecule has 0 saturated heterocycles. The topological polar surface area (TPSA) is 80.8 Å². The van der Waals surface area contributed by atoms with Crippen LogP contribution >= 0.6 is 0 Å². The monoisotopic (exact) mass is 399 g/mol. The van der Waals surface area contributed by atoms with Gasteiger partial charge < -0.3 is 4.18 Å². The standard InChI is InChI=1S/C17H12F3NO5S/c1-10(11-5-3-2-4-6-11)21-15(22)13-8-7-12(9-14(13)16(21)23)26-27(24,25)17(18,19)20/h2-10H,1H3/t10-/m0/s1. The Bertz CT molecular complexity index is 1020. The van der Waals surface area contributed by atoms with Crippen LogP contribution in [-0.4, -0.2) is 30.6 Å². The molecule has 0 unspecified atom stereocenters. The molecule has 142 valence electrons. The number of imide groups is 1. The minimum atomic E-state index is -5.88. The number of benzene rings is 2. The molecular formula is C17H12F3NO5S. The molecule has 0 aromatic heterocycles. The molecule has 10 heteroatoms. The molecule has 2 aromatic carbocycles. The SMILES string of the molecule is C[C@@H](c1ccccc1)N1C(=O)c2ccc(OS(=O)(=O)C(F)(F)F)cc2C1=O. The van der Waals surface area contributed by atoms with Crippen molar-refractivity contribution in [3.8, 4) is 5.75 Å². The predicted molar refractivity (Wildman–Crippen MR) is 87.4 cm³/mol. The number of fused-ring (bicyclic) bond motifs is 1. The molecule has 0 saturated carbocycles. The van der Waals surface area contributed by atoms with E-state index >= 15 is 0 Å². The Morgan fingerprint density at radius 1 is 0.963 bits per heavy atom. The van der Waals surface area contributed by atoms with E-state index in [9.17, 15) is 31.2 Å². The fourth-order valence-corrected chi connectivity index (χ4v) is 3.15. The number of alkyl halides is 3. The number of hydrogen-bond donors (Lipinski definition) is 0. The zero-order valence-electron chi connectivity index (χ0n) is 13.7. The molecule has 0 spiro atoms. The Morgan fingerprint density at radius 2 is 1.56 bits per heavy atom. The Morgan fingerprint density at radius 3 is 2.15 bits per heavy atom. The molecule has 2 amide bonds. The van der Waals surface area contributed by atoms with Gasteiger partial charge in [-0.25, -0.2) is 0 Å². The van der Waals surface area contributed by atoms with Crippen LogP contribution in [0.5, 0.6) is 5.75 Å². The molecule has 3 rings (SSSR count). The molecule has 1 aliphatic rings. The summed E-state index contributed by atoms with van der Waals surface area (Å²) >= 11 is 0. The second kappa shape index (κ2) is 6.38. The summed E-state index contributed by atoms with van der Waals surface area (Å²) in [6.45, 7) is 1.63. The van der Waals surface area contributed by atoms with E-state index < -0.39 is 39.2 Å². The van der Waals surface area contributed by atoms with Gasteiger partial charge in [0.25, 0.3) is 11.8 Å². The van der Waals surface area contributed by atoms with Crippen LogP contribution in [0, 0.1) is 0 Å². The third-order valence-electron chi connectivity index (χ3n) is 4.05. The highest BCUT2D eigenvalue weighted by atomic mass is 32.2. The van der Waals surface area contributed by atoms with Crippen LogP contribution in [0.4, 0.5) is 13.2 Å². The van der Waals surface area contributed by atoms with E-state index in [4.69, 9.17) is 0 Å². The van der Waals surface area contributed by atoms with E-state index in [0.29, 0.717) is 5.56 Å². The van der Waals surface area contributed by atoms with E-state index in [-0.39, 0.29) is 11.1 Å². The van der Waals surface area contributed by atoms with Crippen molar-refractivity contribution >= 4 is 21.9 Å². The van der Waals surface area contributed by atoms with E-state index in [0.717, 1.165) is 23.1 Å². The molecule has 0 bridgehead atoms. The van der Waals surface area contributed by atoms with Crippen molar-refractivity contribution in [3.05, 3.63) is 65.2 Å². The van der Waals surface area contributed by atoms with E-state index in [1.807, 2.05) is 0 Å². The molecule has 6 nitrogen and oxygen atoms in total. The fraction of sp³-hybridized carbons (Fsp3) is 0.176. The Balaban J connectivity index is 1.94. The molecule has 2 aromatic rings. The first-order valence-corrected chi connectivity index (χ1v) is 9.01. The van der Waals surface area contributed by atoms with Crippen LogP contribution in [-0.2, 0) is 10.1 Å². The van der Waals surface area contributed by atoms with Gasteiger partial charge in [0.05, 0.1) is 17.2 Å². The summed E-state index contributed by atoms with van der Waals surface area (Å²) in [7, 11) is -5.88. The molecular weight excluding hydrogens is 387 g/mol. The Kier molecular flexibility index (Phi) is 4.46. The van der Waals surface area contributed by atoms with Gasteiger partial charge in [0, 0.05) is 0 Å². The highest BCUT2D eigenvalue weighted by Gasteiger charge is 2.49. The average Bonchev–Trinajstić information content (AvgIpc) is 2.84. The maximum absolute atomic E-state index is 12.6. The third kappa shape index (κ3) is 3.27. The molecule has 1 heterocycles. The van der Waals surface area contributed by atoms with Gasteiger partial charge in [-0.05, 0) is 30.7 Å². The molecule has 1 aliphatic heterocycles. The smallest absolute Gasteiger partial charge is 0.376 e. The maximum atomic E-state index is 12.6. The number of hydrogen-bond acceptors (Lipinski definition) is 5. The van der Waals surface area contributed by atoms with Crippen molar-refractivity contribution in [1.29, 1.82) is 0 Å². The lowest BCUT2D eigenvalue weighted by Crippen LogP contribution is -2.32. The maximum Gasteiger partial charge on any atom is 0.534 e. The first kappa shape index (κ1) is 18.9. The van der Waals surface area contributed by atoms with Gasteiger partial charge in [-0.3, -0.25) is 14.5 Å². The Labute approximate surface area is 152 Å². The zero-order chi connectivity index (χ0) is 20.0. The summed E-state index contributed by atoms with van der Waals surface area (Å²) in [5.74, 6) is -2.08. The van der Waals surface area contributed by atoms with Gasteiger partial charge in [0.1, 0.15) is 5.75 Å². The second-order valence-electron chi connectivity index (χ2n) is 5.76. The number of amides is 2. The molecule has 0 radical (unpaired) electrons. The van der Waals surface area contributed by atoms with Gasteiger partial charge in [-0.1, -0.05) is 30.3 Å². The normalized spacial score (nSPS) is 15.6. The van der Waals surface area contributed by atoms with Crippen LogP contribution in [0.2, 0.25) is 0 Å². The van der Waals surface area contributed by atoms with Crippen LogP contribution in [0.1, 0.15) is 39.2 Å². The Hall–Kier alpha value is -2.88. The summed E-state index contributed by atoms with van der Waals surface area (Å²) < 4.78 is 63.6. The summed E-state index contributed by atoms with van der Waals surface area (Å²) in [6, 6.07) is 10.8. The van der Waals surface area contributed by atoms with E-state index in [1.165, 1.54) is 0 Å². The minimum absolute atomic E-state index is 0.0421.